The van der Waals surface area contributed by atoms with Gasteiger partial charge >= 0.3 is 0 Å². The van der Waals surface area contributed by atoms with Crippen LogP contribution in [0.4, 0.5) is 5.69 Å². The third-order valence-electron chi connectivity index (χ3n) is 3.95. The number of rotatable bonds is 6. The Hall–Kier alpha value is -2.51. The molecule has 0 atom stereocenters. The van der Waals surface area contributed by atoms with Crippen LogP contribution in [0.5, 0.6) is 0 Å². The molecule has 26 heavy (non-hydrogen) atoms. The third-order valence-corrected chi connectivity index (χ3v) is 5.52. The molecule has 0 unspecified atom stereocenters. The van der Waals surface area contributed by atoms with Gasteiger partial charge in [0.1, 0.15) is 10.7 Å². The molecule has 0 radical (unpaired) electrons. The number of hydrogen-bond acceptors (Lipinski definition) is 5. The third kappa shape index (κ3) is 4.00. The van der Waals surface area contributed by atoms with E-state index in [9.17, 15) is 9.59 Å². The quantitative estimate of drug-likeness (QED) is 0.674. The van der Waals surface area contributed by atoms with Crippen LogP contribution < -0.4 is 5.32 Å². The Kier molecular flexibility index (Phi) is 5.80. The molecule has 0 aliphatic carbocycles. The average molecular weight is 386 g/mol. The van der Waals surface area contributed by atoms with Crippen molar-refractivity contribution in [1.29, 1.82) is 0 Å². The number of hydrogen-bond donors (Lipinski definition) is 1. The van der Waals surface area contributed by atoms with E-state index >= 15 is 0 Å². The predicted octanol–water partition coefficient (Wildman–Crippen LogP) is 4.61. The van der Waals surface area contributed by atoms with Crippen LogP contribution in [0.2, 0.25) is 0 Å². The van der Waals surface area contributed by atoms with Crippen LogP contribution in [0, 0.1) is 0 Å². The number of thiophene rings is 1. The molecule has 1 N–H and O–H groups in total. The number of aromatic nitrogens is 1. The Balaban J connectivity index is 1.67. The summed E-state index contributed by atoms with van der Waals surface area (Å²) in [6.07, 6.45) is 0. The number of amides is 2. The maximum atomic E-state index is 12.4. The van der Waals surface area contributed by atoms with Gasteiger partial charge in [0.2, 0.25) is 0 Å². The Morgan fingerprint density at radius 2 is 1.81 bits per heavy atom. The van der Waals surface area contributed by atoms with Gasteiger partial charge in [0, 0.05) is 40.7 Å². The van der Waals surface area contributed by atoms with Crippen molar-refractivity contribution in [2.24, 2.45) is 0 Å². The van der Waals surface area contributed by atoms with Crippen molar-refractivity contribution in [3.8, 4) is 10.6 Å². The van der Waals surface area contributed by atoms with Gasteiger partial charge < -0.3 is 10.2 Å². The van der Waals surface area contributed by atoms with Crippen molar-refractivity contribution in [3.05, 3.63) is 57.7 Å². The number of anilines is 1. The number of carbonyl (C=O) groups is 2. The minimum Gasteiger partial charge on any atom is -0.339 e. The zero-order valence-electron chi connectivity index (χ0n) is 14.6. The molecule has 2 heterocycles. The monoisotopic (exact) mass is 385 g/mol. The van der Waals surface area contributed by atoms with E-state index in [0.717, 1.165) is 10.6 Å². The molecule has 0 aliphatic heterocycles. The molecule has 2 amide bonds. The minimum absolute atomic E-state index is 0.00668. The van der Waals surface area contributed by atoms with Gasteiger partial charge in [0.25, 0.3) is 11.8 Å². The predicted molar refractivity (Wildman–Crippen MR) is 107 cm³/mol. The van der Waals surface area contributed by atoms with Crippen molar-refractivity contribution in [1.82, 2.24) is 9.88 Å². The van der Waals surface area contributed by atoms with Crippen LogP contribution in [0.3, 0.4) is 0 Å². The standard InChI is InChI=1S/C19H19N3O2S2/c1-3-22(4-2)19(24)13-5-7-15(8-6-13)20-17(23)16-12-26-18(21-16)14-9-10-25-11-14/h5-12H,3-4H2,1-2H3,(H,20,23). The van der Waals surface area contributed by atoms with Gasteiger partial charge in [0.15, 0.2) is 0 Å². The first-order valence-corrected chi connectivity index (χ1v) is 10.1. The summed E-state index contributed by atoms with van der Waals surface area (Å²) in [5.74, 6) is -0.265. The Labute approximate surface area is 160 Å². The first-order chi connectivity index (χ1) is 12.6. The van der Waals surface area contributed by atoms with Crippen LogP contribution in [-0.2, 0) is 0 Å². The lowest BCUT2D eigenvalue weighted by molar-refractivity contribution is 0.0773. The summed E-state index contributed by atoms with van der Waals surface area (Å²) in [5, 5.41) is 9.39. The van der Waals surface area contributed by atoms with E-state index in [1.165, 1.54) is 11.3 Å². The highest BCUT2D eigenvalue weighted by atomic mass is 32.1. The lowest BCUT2D eigenvalue weighted by atomic mass is 10.1. The summed E-state index contributed by atoms with van der Waals surface area (Å²) in [6.45, 7) is 5.25. The van der Waals surface area contributed by atoms with Crippen molar-refractivity contribution in [2.75, 3.05) is 18.4 Å². The van der Waals surface area contributed by atoms with Crippen LogP contribution in [0.15, 0.2) is 46.5 Å². The van der Waals surface area contributed by atoms with Crippen molar-refractivity contribution in [2.45, 2.75) is 13.8 Å². The number of nitrogens with zero attached hydrogens (tertiary/aromatic N) is 2. The topological polar surface area (TPSA) is 62.3 Å². The van der Waals surface area contributed by atoms with Crippen molar-refractivity contribution < 1.29 is 9.59 Å². The van der Waals surface area contributed by atoms with Gasteiger partial charge in [-0.05, 0) is 49.6 Å². The zero-order valence-corrected chi connectivity index (χ0v) is 16.2. The molecule has 0 saturated heterocycles. The van der Waals surface area contributed by atoms with Gasteiger partial charge in [-0.3, -0.25) is 9.59 Å². The molecule has 1 aromatic carbocycles. The molecule has 3 aromatic rings. The van der Waals surface area contributed by atoms with E-state index in [-0.39, 0.29) is 11.8 Å². The zero-order chi connectivity index (χ0) is 18.5. The first kappa shape index (κ1) is 18.3. The van der Waals surface area contributed by atoms with E-state index in [1.54, 1.807) is 45.9 Å². The number of benzene rings is 1. The molecule has 134 valence electrons. The molecule has 0 bridgehead atoms. The molecule has 2 aromatic heterocycles. The molecule has 7 heteroatoms. The van der Waals surface area contributed by atoms with E-state index < -0.39 is 0 Å². The van der Waals surface area contributed by atoms with Crippen LogP contribution >= 0.6 is 22.7 Å². The van der Waals surface area contributed by atoms with E-state index in [0.29, 0.717) is 30.0 Å². The van der Waals surface area contributed by atoms with Crippen LogP contribution in [-0.4, -0.2) is 34.8 Å². The summed E-state index contributed by atoms with van der Waals surface area (Å²) in [4.78, 5) is 30.8. The number of thiazole rings is 1. The SMILES string of the molecule is CCN(CC)C(=O)c1ccc(NC(=O)c2csc(-c3ccsc3)n2)cc1. The van der Waals surface area contributed by atoms with Crippen molar-refractivity contribution in [3.63, 3.8) is 0 Å². The maximum absolute atomic E-state index is 12.4. The smallest absolute Gasteiger partial charge is 0.275 e. The fourth-order valence-corrected chi connectivity index (χ4v) is 3.99. The second-order valence-corrected chi connectivity index (χ2v) is 7.20. The van der Waals surface area contributed by atoms with E-state index in [1.807, 2.05) is 30.7 Å². The van der Waals surface area contributed by atoms with Gasteiger partial charge in [-0.1, -0.05) is 0 Å². The van der Waals surface area contributed by atoms with Crippen LogP contribution in [0.25, 0.3) is 10.6 Å². The van der Waals surface area contributed by atoms with E-state index in [4.69, 9.17) is 0 Å². The molecule has 0 fully saturated rings. The maximum Gasteiger partial charge on any atom is 0.275 e. The van der Waals surface area contributed by atoms with Gasteiger partial charge in [-0.2, -0.15) is 11.3 Å². The normalized spacial score (nSPS) is 10.5. The summed E-state index contributed by atoms with van der Waals surface area (Å²) in [6, 6.07) is 8.92. The lowest BCUT2D eigenvalue weighted by Gasteiger charge is -2.18. The fourth-order valence-electron chi connectivity index (χ4n) is 2.48. The molecule has 0 saturated carbocycles. The lowest BCUT2D eigenvalue weighted by Crippen LogP contribution is -2.30. The molecule has 0 aliphatic rings. The Morgan fingerprint density at radius 3 is 2.42 bits per heavy atom. The molecule has 3 rings (SSSR count). The first-order valence-electron chi connectivity index (χ1n) is 8.31. The van der Waals surface area contributed by atoms with Crippen molar-refractivity contribution >= 4 is 40.2 Å². The molecular formula is C19H19N3O2S2. The van der Waals surface area contributed by atoms with Gasteiger partial charge in [-0.25, -0.2) is 4.98 Å². The largest absolute Gasteiger partial charge is 0.339 e. The fraction of sp³-hybridized carbons (Fsp3) is 0.211. The summed E-state index contributed by atoms with van der Waals surface area (Å²) in [5.41, 5.74) is 2.66. The highest BCUT2D eigenvalue weighted by molar-refractivity contribution is 7.14. The molecule has 0 spiro atoms. The molecular weight excluding hydrogens is 366 g/mol. The molecule has 5 nitrogen and oxygen atoms in total. The summed E-state index contributed by atoms with van der Waals surface area (Å²) in [7, 11) is 0. The Bertz CT molecular complexity index is 882. The van der Waals surface area contributed by atoms with Crippen LogP contribution in [0.1, 0.15) is 34.7 Å². The minimum atomic E-state index is -0.259. The number of nitrogens with one attached hydrogen (secondary N) is 1. The van der Waals surface area contributed by atoms with E-state index in [2.05, 4.69) is 10.3 Å². The second-order valence-electron chi connectivity index (χ2n) is 5.56. The summed E-state index contributed by atoms with van der Waals surface area (Å²) >= 11 is 3.04. The van der Waals surface area contributed by atoms with Gasteiger partial charge in [0.05, 0.1) is 0 Å². The second kappa shape index (κ2) is 8.25. The summed E-state index contributed by atoms with van der Waals surface area (Å²) < 4.78 is 0. The highest BCUT2D eigenvalue weighted by Gasteiger charge is 2.14. The highest BCUT2D eigenvalue weighted by Crippen LogP contribution is 2.26. The average Bonchev–Trinajstić information content (AvgIpc) is 3.35. The Morgan fingerprint density at radius 1 is 1.08 bits per heavy atom. The van der Waals surface area contributed by atoms with Gasteiger partial charge in [-0.15, -0.1) is 11.3 Å². The number of carbonyl (C=O) groups excluding carboxylic acids is 2.